The van der Waals surface area contributed by atoms with Crippen LogP contribution in [0.1, 0.15) is 29.4 Å². The van der Waals surface area contributed by atoms with E-state index in [0.29, 0.717) is 17.0 Å². The van der Waals surface area contributed by atoms with Crippen LogP contribution in [0.5, 0.6) is 0 Å². The Hall–Kier alpha value is -3.81. The molecule has 0 bridgehead atoms. The first-order valence-corrected chi connectivity index (χ1v) is 10.3. The van der Waals surface area contributed by atoms with Crippen LogP contribution in [-0.2, 0) is 20.8 Å². The maximum Gasteiger partial charge on any atom is 0.354 e. The highest BCUT2D eigenvalue weighted by Crippen LogP contribution is 2.30. The zero-order chi connectivity index (χ0) is 22.6. The van der Waals surface area contributed by atoms with Gasteiger partial charge in [0, 0.05) is 24.4 Å². The van der Waals surface area contributed by atoms with Gasteiger partial charge in [-0.3, -0.25) is 9.78 Å². The maximum atomic E-state index is 13.6. The molecular formula is C24H22FN3O4. The Balaban J connectivity index is 1.47. The number of hydrogen-bond acceptors (Lipinski definition) is 6. The Morgan fingerprint density at radius 3 is 2.84 bits per heavy atom. The van der Waals surface area contributed by atoms with Crippen LogP contribution in [0, 0.1) is 5.82 Å². The topological polar surface area (TPSA) is 89.9 Å². The van der Waals surface area contributed by atoms with Gasteiger partial charge >= 0.3 is 5.97 Å². The van der Waals surface area contributed by atoms with Crippen LogP contribution >= 0.6 is 0 Å². The minimum absolute atomic E-state index is 0.0774. The van der Waals surface area contributed by atoms with Crippen LogP contribution in [0.4, 0.5) is 4.39 Å². The van der Waals surface area contributed by atoms with Crippen molar-refractivity contribution in [2.45, 2.75) is 25.4 Å². The van der Waals surface area contributed by atoms with Crippen molar-refractivity contribution in [2.24, 2.45) is 5.16 Å². The second-order valence-electron chi connectivity index (χ2n) is 7.51. The molecule has 0 spiro atoms. The molecule has 1 N–H and O–H groups in total. The number of carbonyl (C=O) groups excluding carboxylic acids is 2. The molecule has 2 heterocycles. The highest BCUT2D eigenvalue weighted by atomic mass is 19.1. The summed E-state index contributed by atoms with van der Waals surface area (Å²) in [5, 5.41) is 8.46. The van der Waals surface area contributed by atoms with Crippen molar-refractivity contribution in [2.75, 3.05) is 13.2 Å². The lowest BCUT2D eigenvalue weighted by molar-refractivity contribution is -0.168. The second-order valence-corrected chi connectivity index (χ2v) is 7.51. The van der Waals surface area contributed by atoms with Crippen LogP contribution in [0.2, 0.25) is 0 Å². The first-order valence-electron chi connectivity index (χ1n) is 10.3. The Bertz CT molecular complexity index is 1190. The van der Waals surface area contributed by atoms with E-state index in [1.54, 1.807) is 25.3 Å². The number of rotatable bonds is 7. The highest BCUT2D eigenvalue weighted by Gasteiger charge is 2.48. The SMILES string of the molecule is CCOC(=O)C1(Cc2cccc(F)c2)CC(CNC(=O)c2nccc3ccccc23)=NO1. The molecule has 32 heavy (non-hydrogen) atoms. The van der Waals surface area contributed by atoms with Gasteiger partial charge in [0.25, 0.3) is 5.91 Å². The van der Waals surface area contributed by atoms with Gasteiger partial charge in [-0.15, -0.1) is 0 Å². The van der Waals surface area contributed by atoms with E-state index in [2.05, 4.69) is 15.5 Å². The smallest absolute Gasteiger partial charge is 0.354 e. The molecule has 1 atom stereocenters. The summed E-state index contributed by atoms with van der Waals surface area (Å²) >= 11 is 0. The Morgan fingerprint density at radius 1 is 1.19 bits per heavy atom. The Kier molecular flexibility index (Phi) is 6.11. The van der Waals surface area contributed by atoms with Crippen molar-refractivity contribution < 1.29 is 23.6 Å². The van der Waals surface area contributed by atoms with Crippen molar-refractivity contribution in [1.29, 1.82) is 0 Å². The quantitative estimate of drug-likeness (QED) is 0.575. The van der Waals surface area contributed by atoms with Gasteiger partial charge < -0.3 is 14.9 Å². The van der Waals surface area contributed by atoms with E-state index in [1.165, 1.54) is 12.1 Å². The van der Waals surface area contributed by atoms with Crippen LogP contribution in [-0.4, -0.2) is 41.3 Å². The number of amides is 1. The number of carbonyl (C=O) groups is 2. The fraction of sp³-hybridized carbons (Fsp3) is 0.250. The molecule has 4 rings (SSSR count). The molecule has 1 amide bonds. The maximum absolute atomic E-state index is 13.6. The first kappa shape index (κ1) is 21.4. The lowest BCUT2D eigenvalue weighted by atomic mass is 9.89. The van der Waals surface area contributed by atoms with E-state index in [1.807, 2.05) is 30.3 Å². The molecule has 0 saturated carbocycles. The summed E-state index contributed by atoms with van der Waals surface area (Å²) in [5.74, 6) is -1.34. The normalized spacial score (nSPS) is 17.5. The summed E-state index contributed by atoms with van der Waals surface area (Å²) in [4.78, 5) is 35.2. The minimum Gasteiger partial charge on any atom is -0.463 e. The lowest BCUT2D eigenvalue weighted by Gasteiger charge is -2.24. The fourth-order valence-corrected chi connectivity index (χ4v) is 3.72. The zero-order valence-corrected chi connectivity index (χ0v) is 17.5. The summed E-state index contributed by atoms with van der Waals surface area (Å²) in [6.07, 6.45) is 1.79. The van der Waals surface area contributed by atoms with Crippen molar-refractivity contribution in [1.82, 2.24) is 10.3 Å². The van der Waals surface area contributed by atoms with Crippen molar-refractivity contribution in [3.63, 3.8) is 0 Å². The number of oxime groups is 1. The van der Waals surface area contributed by atoms with E-state index >= 15 is 0 Å². The monoisotopic (exact) mass is 435 g/mol. The number of pyridine rings is 1. The standard InChI is InChI=1S/C24H22FN3O4/c1-2-31-23(30)24(13-16-6-5-8-18(25)12-16)14-19(28-32-24)15-27-22(29)21-20-9-4-3-7-17(20)10-11-26-21/h3-12H,2,13-15H2,1H3,(H,27,29). The lowest BCUT2D eigenvalue weighted by Crippen LogP contribution is -2.43. The molecule has 1 aliphatic heterocycles. The van der Waals surface area contributed by atoms with Crippen LogP contribution in [0.25, 0.3) is 10.8 Å². The molecule has 164 valence electrons. The molecule has 0 fully saturated rings. The average Bonchev–Trinajstić information content (AvgIpc) is 3.21. The van der Waals surface area contributed by atoms with Crippen LogP contribution in [0.15, 0.2) is 65.9 Å². The van der Waals surface area contributed by atoms with Gasteiger partial charge in [0.05, 0.1) is 18.9 Å². The van der Waals surface area contributed by atoms with Crippen LogP contribution < -0.4 is 5.32 Å². The van der Waals surface area contributed by atoms with Gasteiger partial charge in [-0.2, -0.15) is 0 Å². The number of esters is 1. The molecule has 1 aliphatic rings. The summed E-state index contributed by atoms with van der Waals surface area (Å²) < 4.78 is 18.8. The number of hydrogen-bond donors (Lipinski definition) is 1. The van der Waals surface area contributed by atoms with Gasteiger partial charge in [0.2, 0.25) is 5.60 Å². The van der Waals surface area contributed by atoms with E-state index in [9.17, 15) is 14.0 Å². The Morgan fingerprint density at radius 2 is 2.03 bits per heavy atom. The molecule has 2 aromatic carbocycles. The van der Waals surface area contributed by atoms with E-state index in [0.717, 1.165) is 10.8 Å². The summed E-state index contributed by atoms with van der Waals surface area (Å²) in [6.45, 7) is 1.95. The van der Waals surface area contributed by atoms with E-state index < -0.39 is 17.4 Å². The summed E-state index contributed by atoms with van der Waals surface area (Å²) in [7, 11) is 0. The summed E-state index contributed by atoms with van der Waals surface area (Å²) in [6, 6.07) is 15.3. The Labute approximate surface area is 184 Å². The van der Waals surface area contributed by atoms with Gasteiger partial charge in [-0.1, -0.05) is 41.6 Å². The number of benzene rings is 2. The van der Waals surface area contributed by atoms with Crippen molar-refractivity contribution in [3.05, 3.63) is 77.9 Å². The molecular weight excluding hydrogens is 413 g/mol. The van der Waals surface area contributed by atoms with E-state index in [-0.39, 0.29) is 31.9 Å². The predicted molar refractivity (Wildman–Crippen MR) is 117 cm³/mol. The number of fused-ring (bicyclic) bond motifs is 1. The summed E-state index contributed by atoms with van der Waals surface area (Å²) in [5.41, 5.74) is -0.0396. The largest absolute Gasteiger partial charge is 0.463 e. The number of nitrogens with one attached hydrogen (secondary N) is 1. The molecule has 8 heteroatoms. The molecule has 3 aromatic rings. The minimum atomic E-state index is -1.40. The molecule has 0 saturated heterocycles. The zero-order valence-electron chi connectivity index (χ0n) is 17.5. The van der Waals surface area contributed by atoms with Gasteiger partial charge in [0.15, 0.2) is 0 Å². The first-order chi connectivity index (χ1) is 15.5. The van der Waals surface area contributed by atoms with Gasteiger partial charge in [-0.05, 0) is 36.1 Å². The predicted octanol–water partition coefficient (Wildman–Crippen LogP) is 3.42. The van der Waals surface area contributed by atoms with Crippen molar-refractivity contribution in [3.8, 4) is 0 Å². The van der Waals surface area contributed by atoms with E-state index in [4.69, 9.17) is 9.57 Å². The number of nitrogens with zero attached hydrogens (tertiary/aromatic N) is 2. The number of aromatic nitrogens is 1. The molecule has 1 aromatic heterocycles. The number of halogens is 1. The average molecular weight is 435 g/mol. The van der Waals surface area contributed by atoms with Gasteiger partial charge in [-0.25, -0.2) is 9.18 Å². The van der Waals surface area contributed by atoms with Crippen molar-refractivity contribution >= 4 is 28.4 Å². The molecule has 0 aliphatic carbocycles. The fourth-order valence-electron chi connectivity index (χ4n) is 3.72. The third-order valence-electron chi connectivity index (χ3n) is 5.21. The molecule has 1 unspecified atom stereocenters. The third kappa shape index (κ3) is 4.44. The number of ether oxygens (including phenoxy) is 1. The second kappa shape index (κ2) is 9.13. The highest BCUT2D eigenvalue weighted by molar-refractivity contribution is 6.06. The van der Waals surface area contributed by atoms with Gasteiger partial charge in [0.1, 0.15) is 11.5 Å². The molecule has 7 nitrogen and oxygen atoms in total. The third-order valence-corrected chi connectivity index (χ3v) is 5.21. The molecule has 0 radical (unpaired) electrons. The van der Waals surface area contributed by atoms with Crippen LogP contribution in [0.3, 0.4) is 0 Å².